The number of carbonyl (C=O) groups excluding carboxylic acids is 1. The largest absolute Gasteiger partial charge is 0.307 e. The highest BCUT2D eigenvalue weighted by atomic mass is 79.9. The van der Waals surface area contributed by atoms with Gasteiger partial charge in [-0.2, -0.15) is 0 Å². The number of aromatic nitrogens is 1. The highest BCUT2D eigenvalue weighted by Gasteiger charge is 2.50. The van der Waals surface area contributed by atoms with Crippen molar-refractivity contribution in [2.24, 2.45) is 5.92 Å². The van der Waals surface area contributed by atoms with Crippen LogP contribution in [0.1, 0.15) is 17.0 Å². The van der Waals surface area contributed by atoms with Gasteiger partial charge in [0.15, 0.2) is 0 Å². The molecule has 2 aromatic rings. The Hall–Kier alpha value is -1.79. The van der Waals surface area contributed by atoms with E-state index in [1.807, 2.05) is 37.3 Å². The average Bonchev–Trinajstić information content (AvgIpc) is 3.26. The molecule has 1 amide bonds. The van der Waals surface area contributed by atoms with Crippen LogP contribution in [-0.4, -0.2) is 17.1 Å². The van der Waals surface area contributed by atoms with E-state index >= 15 is 0 Å². The van der Waals surface area contributed by atoms with Crippen LogP contribution < -0.4 is 5.32 Å². The van der Waals surface area contributed by atoms with E-state index < -0.39 is 6.17 Å². The van der Waals surface area contributed by atoms with E-state index in [0.717, 1.165) is 20.1 Å². The number of benzene rings is 1. The summed E-state index contributed by atoms with van der Waals surface area (Å²) in [5, 5.41) is 2.71. The molecule has 1 aromatic carbocycles. The van der Waals surface area contributed by atoms with Gasteiger partial charge in [-0.05, 0) is 68.1 Å². The topological polar surface area (TPSA) is 42.0 Å². The third-order valence-corrected chi connectivity index (χ3v) is 6.14. The number of nitrogens with one attached hydrogen (secondary N) is 1. The Morgan fingerprint density at radius 1 is 1.23 bits per heavy atom. The first kappa shape index (κ1) is 19.0. The lowest BCUT2D eigenvalue weighted by molar-refractivity contribution is -0.111. The van der Waals surface area contributed by atoms with Crippen LogP contribution in [-0.2, 0) is 4.79 Å². The second-order valence-corrected chi connectivity index (χ2v) is 7.83. The Balaban J connectivity index is 1.55. The number of nitrogens with zero attached hydrogens (tertiary/aromatic N) is 1. The summed E-state index contributed by atoms with van der Waals surface area (Å²) in [7, 11) is 0. The molecule has 134 valence electrons. The van der Waals surface area contributed by atoms with Crippen LogP contribution in [0.25, 0.3) is 0 Å². The van der Waals surface area contributed by atoms with Crippen molar-refractivity contribution in [1.82, 2.24) is 4.98 Å². The summed E-state index contributed by atoms with van der Waals surface area (Å²) in [6, 6.07) is 9.47. The van der Waals surface area contributed by atoms with Gasteiger partial charge < -0.3 is 5.32 Å². The molecular weight excluding hydrogens is 463 g/mol. The Labute approximate surface area is 168 Å². The molecule has 1 heterocycles. The van der Waals surface area contributed by atoms with Gasteiger partial charge in [0.2, 0.25) is 5.91 Å². The summed E-state index contributed by atoms with van der Waals surface area (Å²) in [6.45, 7) is 1.88. The van der Waals surface area contributed by atoms with Gasteiger partial charge in [-0.1, -0.05) is 30.4 Å². The van der Waals surface area contributed by atoms with Crippen LogP contribution in [0.5, 0.6) is 0 Å². The Morgan fingerprint density at radius 3 is 2.77 bits per heavy atom. The molecule has 1 aliphatic rings. The maximum absolute atomic E-state index is 14.1. The van der Waals surface area contributed by atoms with Crippen molar-refractivity contribution >= 4 is 43.6 Å². The van der Waals surface area contributed by atoms with Crippen LogP contribution in [0, 0.1) is 12.8 Å². The van der Waals surface area contributed by atoms with Gasteiger partial charge in [-0.15, -0.1) is 0 Å². The van der Waals surface area contributed by atoms with E-state index in [1.165, 1.54) is 6.08 Å². The molecule has 1 aliphatic carbocycles. The van der Waals surface area contributed by atoms with Crippen molar-refractivity contribution in [3.63, 3.8) is 0 Å². The Bertz CT molecular complexity index is 882. The van der Waals surface area contributed by atoms with Crippen molar-refractivity contribution in [3.8, 4) is 0 Å². The minimum absolute atomic E-state index is 0.131. The highest BCUT2D eigenvalue weighted by molar-refractivity contribution is 9.13. The van der Waals surface area contributed by atoms with Gasteiger partial charge in [0.1, 0.15) is 12.0 Å². The summed E-state index contributed by atoms with van der Waals surface area (Å²) in [5.74, 6) is -0.0154. The van der Waals surface area contributed by atoms with Crippen LogP contribution in [0.15, 0.2) is 69.8 Å². The number of rotatable bonds is 5. The Morgan fingerprint density at radius 2 is 2.04 bits per heavy atom. The molecular formula is C20H17Br2FN2O. The molecule has 1 saturated carbocycles. The third-order valence-electron chi connectivity index (χ3n) is 4.26. The number of pyridine rings is 1. The summed E-state index contributed by atoms with van der Waals surface area (Å²) >= 11 is 6.86. The molecule has 1 aromatic heterocycles. The second-order valence-electron chi connectivity index (χ2n) is 6.12. The minimum atomic E-state index is -0.891. The normalized spacial score (nSPS) is 22.1. The molecule has 0 bridgehead atoms. The molecule has 1 fully saturated rings. The van der Waals surface area contributed by atoms with E-state index in [-0.39, 0.29) is 17.7 Å². The number of carbonyl (C=O) groups is 1. The predicted octanol–water partition coefficient (Wildman–Crippen LogP) is 5.72. The molecule has 26 heavy (non-hydrogen) atoms. The summed E-state index contributed by atoms with van der Waals surface area (Å²) in [5.41, 5.74) is 1.86. The molecule has 1 N–H and O–H groups in total. The van der Waals surface area contributed by atoms with Gasteiger partial charge >= 0.3 is 0 Å². The fourth-order valence-corrected chi connectivity index (χ4v) is 3.40. The van der Waals surface area contributed by atoms with E-state index in [4.69, 9.17) is 0 Å². The fraction of sp³-hybridized carbons (Fsp3) is 0.200. The lowest BCUT2D eigenvalue weighted by Crippen LogP contribution is -2.10. The smallest absolute Gasteiger partial charge is 0.249 e. The molecule has 3 rings (SSSR count). The summed E-state index contributed by atoms with van der Waals surface area (Å²) in [4.78, 5) is 16.0. The molecule has 3 unspecified atom stereocenters. The first-order chi connectivity index (χ1) is 12.5. The zero-order valence-electron chi connectivity index (χ0n) is 14.0. The maximum atomic E-state index is 14.1. The molecule has 0 spiro atoms. The van der Waals surface area contributed by atoms with E-state index in [9.17, 15) is 9.18 Å². The number of anilines is 1. The highest BCUT2D eigenvalue weighted by Crippen LogP contribution is 2.51. The van der Waals surface area contributed by atoms with E-state index in [0.29, 0.717) is 5.82 Å². The standard InChI is InChI=1S/C20H17Br2FN2O/c1-12-5-4-10-24-20(12)25-17(26)7-3-2-6-14-18(19(14)23)13-8-9-15(21)16(22)11-13/h2-11,14,18-19H,1H3,(H,24,25,26)/b6-2+,7-3+. The molecule has 3 nitrogen and oxygen atoms in total. The van der Waals surface area contributed by atoms with Gasteiger partial charge in [0.25, 0.3) is 0 Å². The number of allylic oxidation sites excluding steroid dienone is 3. The lowest BCUT2D eigenvalue weighted by atomic mass is 10.1. The van der Waals surface area contributed by atoms with E-state index in [1.54, 1.807) is 24.4 Å². The number of amides is 1. The predicted molar refractivity (Wildman–Crippen MR) is 109 cm³/mol. The van der Waals surface area contributed by atoms with E-state index in [2.05, 4.69) is 42.2 Å². The van der Waals surface area contributed by atoms with Crippen molar-refractivity contribution in [2.75, 3.05) is 5.32 Å². The fourth-order valence-electron chi connectivity index (χ4n) is 2.76. The number of alkyl halides is 1. The van der Waals surface area contributed by atoms with Gasteiger partial charge in [-0.25, -0.2) is 9.37 Å². The first-order valence-corrected chi connectivity index (χ1v) is 9.72. The van der Waals surface area contributed by atoms with Crippen molar-refractivity contribution in [2.45, 2.75) is 19.0 Å². The van der Waals surface area contributed by atoms with Crippen LogP contribution in [0.4, 0.5) is 10.2 Å². The molecule has 6 heteroatoms. The van der Waals surface area contributed by atoms with Crippen LogP contribution >= 0.6 is 31.9 Å². The SMILES string of the molecule is Cc1cccnc1NC(=O)/C=C/C=C/C1C(F)C1c1ccc(Br)c(Br)c1. The van der Waals surface area contributed by atoms with Crippen molar-refractivity contribution < 1.29 is 9.18 Å². The summed E-state index contributed by atoms with van der Waals surface area (Å²) < 4.78 is 15.9. The van der Waals surface area contributed by atoms with Crippen molar-refractivity contribution in [3.05, 3.63) is 80.9 Å². The minimum Gasteiger partial charge on any atom is -0.307 e. The monoisotopic (exact) mass is 478 g/mol. The number of aryl methyl sites for hydroxylation is 1. The van der Waals surface area contributed by atoms with Gasteiger partial charge in [-0.3, -0.25) is 4.79 Å². The number of hydrogen-bond donors (Lipinski definition) is 1. The molecule has 0 radical (unpaired) electrons. The molecule has 0 aliphatic heterocycles. The first-order valence-electron chi connectivity index (χ1n) is 8.14. The zero-order valence-corrected chi connectivity index (χ0v) is 17.2. The molecule has 0 saturated heterocycles. The zero-order chi connectivity index (χ0) is 18.7. The quantitative estimate of drug-likeness (QED) is 0.440. The second kappa shape index (κ2) is 8.27. The van der Waals surface area contributed by atoms with Crippen LogP contribution in [0.2, 0.25) is 0 Å². The maximum Gasteiger partial charge on any atom is 0.249 e. The summed E-state index contributed by atoms with van der Waals surface area (Å²) in [6.07, 6.45) is 7.29. The Kier molecular flexibility index (Phi) is 6.04. The van der Waals surface area contributed by atoms with Gasteiger partial charge in [0.05, 0.1) is 0 Å². The number of halogens is 3. The van der Waals surface area contributed by atoms with Crippen molar-refractivity contribution in [1.29, 1.82) is 0 Å². The third kappa shape index (κ3) is 4.48. The number of hydrogen-bond acceptors (Lipinski definition) is 2. The average molecular weight is 480 g/mol. The van der Waals surface area contributed by atoms with Gasteiger partial charge in [0, 0.05) is 33.1 Å². The molecule has 3 atom stereocenters. The van der Waals surface area contributed by atoms with Crippen LogP contribution in [0.3, 0.4) is 0 Å². The lowest BCUT2D eigenvalue weighted by Gasteiger charge is -2.03.